The van der Waals surface area contributed by atoms with Gasteiger partial charge in [0.25, 0.3) is 5.91 Å². The van der Waals surface area contributed by atoms with Crippen LogP contribution in [-0.2, 0) is 0 Å². The van der Waals surface area contributed by atoms with Gasteiger partial charge in [0.2, 0.25) is 5.89 Å². The Hall–Kier alpha value is -3.40. The molecule has 1 unspecified atom stereocenters. The van der Waals surface area contributed by atoms with Crippen LogP contribution in [0.1, 0.15) is 58.8 Å². The van der Waals surface area contributed by atoms with E-state index < -0.39 is 0 Å². The van der Waals surface area contributed by atoms with E-state index in [-0.39, 0.29) is 5.91 Å². The Morgan fingerprint density at radius 2 is 1.81 bits per heavy atom. The Balaban J connectivity index is 1.65. The number of nitrogens with one attached hydrogen (secondary N) is 1. The maximum absolute atomic E-state index is 12.9. The van der Waals surface area contributed by atoms with Crippen LogP contribution >= 0.6 is 0 Å². The third-order valence-corrected chi connectivity index (χ3v) is 5.95. The van der Waals surface area contributed by atoms with Crippen molar-refractivity contribution in [3.05, 3.63) is 82.4 Å². The highest BCUT2D eigenvalue weighted by atomic mass is 16.3. The van der Waals surface area contributed by atoms with E-state index in [0.717, 1.165) is 45.5 Å². The number of fused-ring (bicyclic) bond motifs is 1. The molecule has 0 aliphatic heterocycles. The fraction of sp³-hybridized carbons (Fsp3) is 0.259. The molecule has 4 rings (SSSR count). The number of hydrogen-bond acceptors (Lipinski definition) is 3. The molecule has 0 fully saturated rings. The number of oxazole rings is 1. The van der Waals surface area contributed by atoms with Gasteiger partial charge in [-0.05, 0) is 80.1 Å². The quantitative estimate of drug-likeness (QED) is 0.377. The maximum Gasteiger partial charge on any atom is 0.255 e. The van der Waals surface area contributed by atoms with Crippen LogP contribution in [0.15, 0.2) is 59.0 Å². The number of rotatable bonds is 5. The molecule has 0 saturated heterocycles. The highest BCUT2D eigenvalue weighted by Gasteiger charge is 2.14. The van der Waals surface area contributed by atoms with Gasteiger partial charge >= 0.3 is 0 Å². The van der Waals surface area contributed by atoms with Gasteiger partial charge in [-0.1, -0.05) is 43.7 Å². The average molecular weight is 413 g/mol. The van der Waals surface area contributed by atoms with Crippen molar-refractivity contribution >= 4 is 22.7 Å². The summed E-state index contributed by atoms with van der Waals surface area (Å²) in [5.74, 6) is 0.919. The Labute approximate surface area is 183 Å². The zero-order valence-corrected chi connectivity index (χ0v) is 18.7. The normalized spacial score (nSPS) is 12.2. The van der Waals surface area contributed by atoms with Crippen molar-refractivity contribution in [1.29, 1.82) is 0 Å². The van der Waals surface area contributed by atoms with Gasteiger partial charge in [-0.25, -0.2) is 4.98 Å². The Morgan fingerprint density at radius 3 is 2.55 bits per heavy atom. The molecule has 4 aromatic rings. The van der Waals surface area contributed by atoms with Crippen LogP contribution in [0.2, 0.25) is 0 Å². The molecule has 1 heterocycles. The fourth-order valence-corrected chi connectivity index (χ4v) is 3.76. The van der Waals surface area contributed by atoms with Crippen molar-refractivity contribution in [1.82, 2.24) is 4.98 Å². The smallest absolute Gasteiger partial charge is 0.255 e. The lowest BCUT2D eigenvalue weighted by Gasteiger charge is -2.11. The lowest BCUT2D eigenvalue weighted by molar-refractivity contribution is 0.102. The molecule has 3 aromatic carbocycles. The topological polar surface area (TPSA) is 55.1 Å². The molecule has 1 atom stereocenters. The molecule has 0 aliphatic rings. The monoisotopic (exact) mass is 412 g/mol. The second-order valence-electron chi connectivity index (χ2n) is 8.36. The minimum absolute atomic E-state index is 0.117. The minimum Gasteiger partial charge on any atom is -0.436 e. The molecular weight excluding hydrogens is 384 g/mol. The van der Waals surface area contributed by atoms with E-state index in [9.17, 15) is 4.79 Å². The van der Waals surface area contributed by atoms with Crippen LogP contribution in [0.4, 0.5) is 5.69 Å². The standard InChI is InChI=1S/C27H28N2O2/c1-6-17(3)20-10-12-25-24(14-20)29-27(31-25)21-9-8-18(4)23(15-21)28-26(30)22-11-7-16(2)13-19(22)5/h7-15,17H,6H2,1-5H3,(H,28,30). The van der Waals surface area contributed by atoms with Crippen LogP contribution in [0.5, 0.6) is 0 Å². The molecule has 1 N–H and O–H groups in total. The van der Waals surface area contributed by atoms with Gasteiger partial charge in [0.15, 0.2) is 5.58 Å². The number of amides is 1. The van der Waals surface area contributed by atoms with Gasteiger partial charge in [0, 0.05) is 16.8 Å². The van der Waals surface area contributed by atoms with Gasteiger partial charge in [-0.2, -0.15) is 0 Å². The van der Waals surface area contributed by atoms with Crippen molar-refractivity contribution < 1.29 is 9.21 Å². The highest BCUT2D eigenvalue weighted by molar-refractivity contribution is 6.06. The molecule has 0 radical (unpaired) electrons. The predicted octanol–water partition coefficient (Wildman–Crippen LogP) is 7.19. The van der Waals surface area contributed by atoms with Gasteiger partial charge in [0.05, 0.1) is 0 Å². The molecule has 0 bridgehead atoms. The first-order valence-corrected chi connectivity index (χ1v) is 10.8. The summed E-state index contributed by atoms with van der Waals surface area (Å²) in [6, 6.07) is 17.9. The zero-order valence-electron chi connectivity index (χ0n) is 18.7. The second kappa shape index (κ2) is 8.38. The minimum atomic E-state index is -0.117. The van der Waals surface area contributed by atoms with Crippen molar-refractivity contribution in [2.45, 2.75) is 47.0 Å². The Bertz CT molecular complexity index is 1270. The Kier molecular flexibility index (Phi) is 5.64. The number of carbonyl (C=O) groups excluding carboxylic acids is 1. The molecule has 1 aromatic heterocycles. The summed E-state index contributed by atoms with van der Waals surface area (Å²) in [4.78, 5) is 17.6. The van der Waals surface area contributed by atoms with Gasteiger partial charge < -0.3 is 9.73 Å². The van der Waals surface area contributed by atoms with Crippen molar-refractivity contribution in [2.24, 2.45) is 0 Å². The largest absolute Gasteiger partial charge is 0.436 e. The third-order valence-electron chi connectivity index (χ3n) is 5.95. The number of carbonyl (C=O) groups is 1. The molecule has 31 heavy (non-hydrogen) atoms. The summed E-state index contributed by atoms with van der Waals surface area (Å²) in [5.41, 5.74) is 8.24. The van der Waals surface area contributed by atoms with Gasteiger partial charge in [-0.15, -0.1) is 0 Å². The number of benzene rings is 3. The van der Waals surface area contributed by atoms with Gasteiger partial charge in [-0.3, -0.25) is 4.79 Å². The summed E-state index contributed by atoms with van der Waals surface area (Å²) in [5, 5.41) is 3.05. The number of nitrogens with zero attached hydrogens (tertiary/aromatic N) is 1. The fourth-order valence-electron chi connectivity index (χ4n) is 3.76. The molecule has 1 amide bonds. The van der Waals surface area contributed by atoms with Crippen molar-refractivity contribution in [3.63, 3.8) is 0 Å². The first-order valence-electron chi connectivity index (χ1n) is 10.8. The summed E-state index contributed by atoms with van der Waals surface area (Å²) in [6.07, 6.45) is 1.08. The molecule has 0 aliphatic carbocycles. The highest BCUT2D eigenvalue weighted by Crippen LogP contribution is 2.30. The number of anilines is 1. The molecule has 4 heteroatoms. The lowest BCUT2D eigenvalue weighted by atomic mass is 9.98. The van der Waals surface area contributed by atoms with E-state index in [0.29, 0.717) is 17.4 Å². The lowest BCUT2D eigenvalue weighted by Crippen LogP contribution is -2.14. The van der Waals surface area contributed by atoms with Crippen LogP contribution < -0.4 is 5.32 Å². The van der Waals surface area contributed by atoms with E-state index in [1.54, 1.807) is 0 Å². The Morgan fingerprint density at radius 1 is 1.00 bits per heavy atom. The molecule has 4 nitrogen and oxygen atoms in total. The maximum atomic E-state index is 12.9. The first kappa shape index (κ1) is 20.9. The third kappa shape index (κ3) is 4.24. The summed E-state index contributed by atoms with van der Waals surface area (Å²) in [7, 11) is 0. The van der Waals surface area contributed by atoms with Gasteiger partial charge in [0.1, 0.15) is 5.52 Å². The SMILES string of the molecule is CCC(C)c1ccc2oc(-c3ccc(C)c(NC(=O)c4ccc(C)cc4C)c3)nc2c1. The van der Waals surface area contributed by atoms with E-state index in [4.69, 9.17) is 9.40 Å². The van der Waals surface area contributed by atoms with Crippen molar-refractivity contribution in [3.8, 4) is 11.5 Å². The van der Waals surface area contributed by atoms with Crippen LogP contribution in [0.3, 0.4) is 0 Å². The predicted molar refractivity (Wildman–Crippen MR) is 127 cm³/mol. The molecule has 0 spiro atoms. The van der Waals surface area contributed by atoms with E-state index in [1.807, 2.05) is 63.2 Å². The summed E-state index contributed by atoms with van der Waals surface area (Å²) >= 11 is 0. The van der Waals surface area contributed by atoms with E-state index >= 15 is 0 Å². The van der Waals surface area contributed by atoms with Crippen molar-refractivity contribution in [2.75, 3.05) is 5.32 Å². The summed E-state index contributed by atoms with van der Waals surface area (Å²) in [6.45, 7) is 10.4. The van der Waals surface area contributed by atoms with Crippen LogP contribution in [-0.4, -0.2) is 10.9 Å². The second-order valence-corrected chi connectivity index (χ2v) is 8.36. The number of aryl methyl sites for hydroxylation is 3. The number of hydrogen-bond donors (Lipinski definition) is 1. The number of aromatic nitrogens is 1. The molecule has 158 valence electrons. The van der Waals surface area contributed by atoms with E-state index in [1.165, 1.54) is 5.56 Å². The average Bonchev–Trinajstić information content (AvgIpc) is 3.18. The first-order chi connectivity index (χ1) is 14.9. The molecule has 0 saturated carbocycles. The van der Waals surface area contributed by atoms with E-state index in [2.05, 4.69) is 31.3 Å². The molecular formula is C27H28N2O2. The van der Waals surface area contributed by atoms with Crippen LogP contribution in [0, 0.1) is 20.8 Å². The van der Waals surface area contributed by atoms with Crippen LogP contribution in [0.25, 0.3) is 22.6 Å². The summed E-state index contributed by atoms with van der Waals surface area (Å²) < 4.78 is 6.02. The zero-order chi connectivity index (χ0) is 22.1.